The minimum absolute atomic E-state index is 0.118. The van der Waals surface area contributed by atoms with Gasteiger partial charge in [0.15, 0.2) is 16.8 Å². The molecule has 0 rings (SSSR count). The lowest BCUT2D eigenvalue weighted by atomic mass is 9.52. The number of carbonyl (C=O) groups excluding carboxylic acids is 4. The van der Waals surface area contributed by atoms with Gasteiger partial charge in [0.2, 0.25) is 5.60 Å². The van der Waals surface area contributed by atoms with Crippen LogP contribution in [0.25, 0.3) is 0 Å². The molecule has 0 saturated carbocycles. The quantitative estimate of drug-likeness (QED) is 0.0268. The molecule has 15 nitrogen and oxygen atoms in total. The van der Waals surface area contributed by atoms with Crippen LogP contribution in [0.1, 0.15) is 158 Å². The summed E-state index contributed by atoms with van der Waals surface area (Å²) in [6.07, 6.45) is 4.48. The minimum Gasteiger partial charge on any atom is -0.481 e. The fourth-order valence-corrected chi connectivity index (χ4v) is 5.96. The minimum atomic E-state index is -3.29. The highest BCUT2D eigenvalue weighted by atomic mass is 16.6. The smallest absolute Gasteiger partial charge is 0.339 e. The average molecular weight is 763 g/mol. The maximum absolute atomic E-state index is 12.6. The van der Waals surface area contributed by atoms with Crippen LogP contribution in [0.4, 0.5) is 0 Å². The van der Waals surface area contributed by atoms with Crippen molar-refractivity contribution in [1.82, 2.24) is 0 Å². The number of aliphatic hydroxyl groups is 2. The van der Waals surface area contributed by atoms with E-state index in [-0.39, 0.29) is 51.9 Å². The SMILES string of the molecule is CCCCC(CCCC)(C(=O)O)C(O)(C(=O)O)C(CCCC)(C(C)=O)C(=O)O.CCCCOC(=O)CC(O)(CC(=O)OCCCC)C(=O)OCCCC. The van der Waals surface area contributed by atoms with E-state index in [4.69, 9.17) is 14.2 Å². The van der Waals surface area contributed by atoms with E-state index in [1.807, 2.05) is 20.8 Å². The van der Waals surface area contributed by atoms with E-state index in [9.17, 15) is 59.1 Å². The summed E-state index contributed by atoms with van der Waals surface area (Å²) in [5, 5.41) is 52.1. The van der Waals surface area contributed by atoms with Crippen LogP contribution in [0.2, 0.25) is 0 Å². The molecule has 0 aromatic carbocycles. The molecule has 2 unspecified atom stereocenters. The van der Waals surface area contributed by atoms with Gasteiger partial charge in [0.05, 0.1) is 32.7 Å². The molecule has 15 heteroatoms. The first-order chi connectivity index (χ1) is 24.8. The Morgan fingerprint density at radius 1 is 0.491 bits per heavy atom. The average Bonchev–Trinajstić information content (AvgIpc) is 3.08. The molecule has 0 spiro atoms. The predicted molar refractivity (Wildman–Crippen MR) is 194 cm³/mol. The topological polar surface area (TPSA) is 248 Å². The summed E-state index contributed by atoms with van der Waals surface area (Å²) < 4.78 is 14.9. The fourth-order valence-electron chi connectivity index (χ4n) is 5.96. The number of carbonyl (C=O) groups is 7. The number of hydrogen-bond acceptors (Lipinski definition) is 12. The lowest BCUT2D eigenvalue weighted by Crippen LogP contribution is -2.71. The van der Waals surface area contributed by atoms with Crippen molar-refractivity contribution in [2.24, 2.45) is 10.8 Å². The number of hydrogen-bond donors (Lipinski definition) is 5. The first kappa shape index (κ1) is 51.5. The molecule has 0 fully saturated rings. The van der Waals surface area contributed by atoms with Gasteiger partial charge in [-0.2, -0.15) is 0 Å². The summed E-state index contributed by atoms with van der Waals surface area (Å²) in [7, 11) is 0. The monoisotopic (exact) mass is 762 g/mol. The second-order valence-corrected chi connectivity index (χ2v) is 13.5. The number of ether oxygens (including phenoxy) is 3. The van der Waals surface area contributed by atoms with Crippen molar-refractivity contribution in [2.75, 3.05) is 19.8 Å². The van der Waals surface area contributed by atoms with Crippen molar-refractivity contribution in [3.05, 3.63) is 0 Å². The molecule has 0 bridgehead atoms. The molecule has 0 aliphatic heterocycles. The number of Topliss-reactive ketones (excluding diaryl/α,β-unsaturated/α-hetero) is 1. The molecule has 0 aromatic rings. The number of aliphatic carboxylic acids is 3. The zero-order valence-electron chi connectivity index (χ0n) is 33.0. The first-order valence-electron chi connectivity index (χ1n) is 19.0. The molecule has 0 aliphatic rings. The van der Waals surface area contributed by atoms with E-state index < -0.39 is 82.9 Å². The summed E-state index contributed by atoms with van der Waals surface area (Å²) in [5.74, 6) is -8.94. The third-order valence-electron chi connectivity index (χ3n) is 9.32. The molecule has 0 amide bonds. The Labute approximate surface area is 314 Å². The zero-order valence-corrected chi connectivity index (χ0v) is 33.0. The van der Waals surface area contributed by atoms with E-state index in [2.05, 4.69) is 0 Å². The second-order valence-electron chi connectivity index (χ2n) is 13.5. The van der Waals surface area contributed by atoms with E-state index in [0.29, 0.717) is 38.5 Å². The number of carboxylic acid groups (broad SMARTS) is 3. The van der Waals surface area contributed by atoms with Crippen LogP contribution in [-0.4, -0.2) is 98.2 Å². The molecule has 0 heterocycles. The van der Waals surface area contributed by atoms with Crippen molar-refractivity contribution in [2.45, 2.75) is 169 Å². The van der Waals surface area contributed by atoms with Crippen molar-refractivity contribution in [3.8, 4) is 0 Å². The second kappa shape index (κ2) is 26.2. The molecule has 53 heavy (non-hydrogen) atoms. The van der Waals surface area contributed by atoms with Crippen LogP contribution in [0.3, 0.4) is 0 Å². The number of carboxylic acids is 3. The molecule has 0 radical (unpaired) electrons. The van der Waals surface area contributed by atoms with E-state index >= 15 is 0 Å². The third-order valence-corrected chi connectivity index (χ3v) is 9.32. The highest BCUT2D eigenvalue weighted by Crippen LogP contribution is 2.54. The van der Waals surface area contributed by atoms with Crippen LogP contribution in [0.15, 0.2) is 0 Å². The molecule has 308 valence electrons. The third kappa shape index (κ3) is 14.6. The normalized spacial score (nSPS) is 13.7. The molecule has 5 N–H and O–H groups in total. The van der Waals surface area contributed by atoms with Crippen LogP contribution in [-0.2, 0) is 47.8 Å². The molecule has 0 aliphatic carbocycles. The van der Waals surface area contributed by atoms with Gasteiger partial charge in [-0.25, -0.2) is 9.59 Å². The molecule has 0 saturated heterocycles. The molecule has 2 atom stereocenters. The van der Waals surface area contributed by atoms with Gasteiger partial charge in [-0.1, -0.05) is 99.3 Å². The van der Waals surface area contributed by atoms with Crippen LogP contribution >= 0.6 is 0 Å². The van der Waals surface area contributed by atoms with Crippen molar-refractivity contribution in [3.63, 3.8) is 0 Å². The summed E-state index contributed by atoms with van der Waals surface area (Å²) in [4.78, 5) is 85.6. The van der Waals surface area contributed by atoms with Crippen molar-refractivity contribution in [1.29, 1.82) is 0 Å². The predicted octanol–water partition coefficient (Wildman–Crippen LogP) is 5.63. The van der Waals surface area contributed by atoms with Gasteiger partial charge in [-0.15, -0.1) is 0 Å². The van der Waals surface area contributed by atoms with Gasteiger partial charge < -0.3 is 39.7 Å². The summed E-state index contributed by atoms with van der Waals surface area (Å²) in [5.41, 5.74) is -10.6. The van der Waals surface area contributed by atoms with Gasteiger partial charge in [0, 0.05) is 0 Å². The lowest BCUT2D eigenvalue weighted by Gasteiger charge is -2.50. The molecular weight excluding hydrogens is 696 g/mol. The Morgan fingerprint density at radius 3 is 1.15 bits per heavy atom. The largest absolute Gasteiger partial charge is 0.481 e. The van der Waals surface area contributed by atoms with Gasteiger partial charge in [-0.3, -0.25) is 24.0 Å². The van der Waals surface area contributed by atoms with Crippen molar-refractivity contribution >= 4 is 41.6 Å². The number of esters is 3. The van der Waals surface area contributed by atoms with E-state index in [1.54, 1.807) is 20.8 Å². The summed E-state index contributed by atoms with van der Waals surface area (Å²) >= 11 is 0. The number of unbranched alkanes of at least 4 members (excludes halogenated alkanes) is 6. The molecule has 0 aromatic heterocycles. The fraction of sp³-hybridized carbons (Fsp3) is 0.816. The Balaban J connectivity index is 0. The number of rotatable bonds is 29. The van der Waals surface area contributed by atoms with Crippen LogP contribution < -0.4 is 0 Å². The first-order valence-corrected chi connectivity index (χ1v) is 19.0. The van der Waals surface area contributed by atoms with Gasteiger partial charge in [0.1, 0.15) is 5.41 Å². The Bertz CT molecular complexity index is 1120. The lowest BCUT2D eigenvalue weighted by molar-refractivity contribution is -0.223. The van der Waals surface area contributed by atoms with Crippen LogP contribution in [0.5, 0.6) is 0 Å². The van der Waals surface area contributed by atoms with E-state index in [0.717, 1.165) is 26.2 Å². The van der Waals surface area contributed by atoms with Gasteiger partial charge >= 0.3 is 35.8 Å². The highest BCUT2D eigenvalue weighted by Gasteiger charge is 2.74. The van der Waals surface area contributed by atoms with Gasteiger partial charge in [0.25, 0.3) is 0 Å². The standard InChI is InChI=1S/C20H34O8.C18H32O7/c1-5-8-11-18(15(22)23,12-9-6-2)20(28,17(26)27)19(14(4)21,16(24)25)13-10-7-3;1-4-7-10-23-15(19)13-18(22,17(21)25-12-9-6-3)14-16(20)24-11-8-5-2/h28H,5-13H2,1-4H3,(H,22,23)(H,24,25)(H,26,27);22H,4-14H2,1-3H3. The maximum atomic E-state index is 12.6. The van der Waals surface area contributed by atoms with E-state index in [1.165, 1.54) is 0 Å². The van der Waals surface area contributed by atoms with Crippen molar-refractivity contribution < 1.29 is 73.3 Å². The molecular formula is C38H66O15. The Hall–Kier alpha value is -3.59. The van der Waals surface area contributed by atoms with Gasteiger partial charge in [-0.05, 0) is 45.4 Å². The zero-order chi connectivity index (χ0) is 41.3. The summed E-state index contributed by atoms with van der Waals surface area (Å²) in [6.45, 7) is 12.5. The Morgan fingerprint density at radius 2 is 0.849 bits per heavy atom. The Kier molecular flexibility index (Phi) is 25.5. The van der Waals surface area contributed by atoms with Crippen LogP contribution in [0, 0.1) is 10.8 Å². The summed E-state index contributed by atoms with van der Waals surface area (Å²) in [6, 6.07) is 0. The number of ketones is 1. The maximum Gasteiger partial charge on any atom is 0.339 e. The highest BCUT2D eigenvalue weighted by molar-refractivity contribution is 6.10.